The van der Waals surface area contributed by atoms with E-state index >= 15 is 0 Å². The molecule has 0 atom stereocenters. The molecule has 0 unspecified atom stereocenters. The molecule has 5 heteroatoms. The molecule has 0 aliphatic heterocycles. The lowest BCUT2D eigenvalue weighted by atomic mass is 9.87. The van der Waals surface area contributed by atoms with Gasteiger partial charge in [0.15, 0.2) is 0 Å². The number of nitrogens with zero attached hydrogens (tertiary/aromatic N) is 2. The normalized spacial score (nSPS) is 11.7. The summed E-state index contributed by atoms with van der Waals surface area (Å²) in [5, 5.41) is 14.2. The second kappa shape index (κ2) is 5.56. The van der Waals surface area contributed by atoms with E-state index in [0.717, 1.165) is 4.90 Å². The highest BCUT2D eigenvalue weighted by atomic mass is 32.2. The number of hydrogen-bond donors (Lipinski definition) is 1. The van der Waals surface area contributed by atoms with E-state index in [1.54, 1.807) is 18.7 Å². The van der Waals surface area contributed by atoms with Crippen LogP contribution in [0.5, 0.6) is 0 Å². The number of aromatic carboxylic acids is 1. The molecule has 0 saturated heterocycles. The molecule has 0 radical (unpaired) electrons. The lowest BCUT2D eigenvalue weighted by molar-refractivity contribution is 0.0692. The fourth-order valence-electron chi connectivity index (χ4n) is 2.13. The van der Waals surface area contributed by atoms with Crippen LogP contribution in [0.1, 0.15) is 42.4 Å². The molecule has 1 N–H and O–H groups in total. The molecule has 0 fully saturated rings. The van der Waals surface area contributed by atoms with Gasteiger partial charge in [-0.1, -0.05) is 44.7 Å². The van der Waals surface area contributed by atoms with Gasteiger partial charge in [-0.05, 0) is 30.0 Å². The third-order valence-corrected chi connectivity index (χ3v) is 4.49. The minimum atomic E-state index is -0.936. The quantitative estimate of drug-likeness (QED) is 0.935. The maximum absolute atomic E-state index is 11.4. The lowest BCUT2D eigenvalue weighted by Crippen LogP contribution is -2.10. The number of carboxylic acids is 1. The molecule has 0 bridgehead atoms. The van der Waals surface area contributed by atoms with Crippen LogP contribution in [-0.2, 0) is 12.5 Å². The Morgan fingerprint density at radius 2 is 1.81 bits per heavy atom. The Hall–Kier alpha value is -1.75. The second-order valence-electron chi connectivity index (χ2n) is 6.07. The molecule has 1 aromatic carbocycles. The first-order valence-corrected chi connectivity index (χ1v) is 7.57. The summed E-state index contributed by atoms with van der Waals surface area (Å²) in [5.74, 6) is -0.936. The maximum Gasteiger partial charge on any atom is 0.340 e. The summed E-state index contributed by atoms with van der Waals surface area (Å²) in [7, 11) is 1.77. The van der Waals surface area contributed by atoms with E-state index in [4.69, 9.17) is 0 Å². The predicted molar refractivity (Wildman–Crippen MR) is 84.2 cm³/mol. The highest BCUT2D eigenvalue weighted by Gasteiger charge is 2.20. The van der Waals surface area contributed by atoms with E-state index in [1.165, 1.54) is 17.3 Å². The summed E-state index contributed by atoms with van der Waals surface area (Å²) >= 11 is 1.43. The van der Waals surface area contributed by atoms with Crippen LogP contribution in [-0.4, -0.2) is 20.9 Å². The Morgan fingerprint density at radius 3 is 2.29 bits per heavy atom. The molecule has 0 saturated carbocycles. The van der Waals surface area contributed by atoms with Crippen molar-refractivity contribution in [3.63, 3.8) is 0 Å². The van der Waals surface area contributed by atoms with Crippen LogP contribution in [0.2, 0.25) is 0 Å². The van der Waals surface area contributed by atoms with Crippen LogP contribution < -0.4 is 0 Å². The summed E-state index contributed by atoms with van der Waals surface area (Å²) in [6.45, 7) is 8.22. The zero-order valence-electron chi connectivity index (χ0n) is 13.0. The maximum atomic E-state index is 11.4. The summed E-state index contributed by atoms with van der Waals surface area (Å²) in [5.41, 5.74) is 2.19. The van der Waals surface area contributed by atoms with E-state index in [9.17, 15) is 9.90 Å². The van der Waals surface area contributed by atoms with Crippen molar-refractivity contribution in [3.8, 4) is 0 Å². The standard InChI is InChI=1S/C16H20N2O2S/c1-10-13(15(19)20)14(18(5)17-10)21-12-8-6-11(7-9-12)16(2,3)4/h6-9H,1-5H3,(H,19,20). The van der Waals surface area contributed by atoms with Crippen LogP contribution in [0.25, 0.3) is 0 Å². The third kappa shape index (κ3) is 3.29. The van der Waals surface area contributed by atoms with Crippen LogP contribution >= 0.6 is 11.8 Å². The molecule has 0 spiro atoms. The topological polar surface area (TPSA) is 55.1 Å². The summed E-state index contributed by atoms with van der Waals surface area (Å²) in [6, 6.07) is 8.23. The minimum absolute atomic E-state index is 0.110. The largest absolute Gasteiger partial charge is 0.478 e. The minimum Gasteiger partial charge on any atom is -0.478 e. The Bertz CT molecular complexity index is 667. The third-order valence-electron chi connectivity index (χ3n) is 3.32. The molecular weight excluding hydrogens is 284 g/mol. The van der Waals surface area contributed by atoms with Gasteiger partial charge in [-0.3, -0.25) is 4.68 Å². The molecule has 0 amide bonds. The van der Waals surface area contributed by atoms with Gasteiger partial charge < -0.3 is 5.11 Å². The van der Waals surface area contributed by atoms with Gasteiger partial charge in [-0.25, -0.2) is 4.79 Å². The number of aromatic nitrogens is 2. The number of carboxylic acid groups (broad SMARTS) is 1. The molecule has 2 aromatic rings. The molecular formula is C16H20N2O2S. The molecule has 2 rings (SSSR count). The fraction of sp³-hybridized carbons (Fsp3) is 0.375. The van der Waals surface area contributed by atoms with Gasteiger partial charge in [0.05, 0.1) is 5.69 Å². The van der Waals surface area contributed by atoms with E-state index in [1.807, 2.05) is 12.1 Å². The number of rotatable bonds is 3. The van der Waals surface area contributed by atoms with Crippen molar-refractivity contribution in [2.75, 3.05) is 0 Å². The summed E-state index contributed by atoms with van der Waals surface area (Å²) in [4.78, 5) is 12.4. The van der Waals surface area contributed by atoms with E-state index in [2.05, 4.69) is 38.0 Å². The Labute approximate surface area is 129 Å². The smallest absolute Gasteiger partial charge is 0.340 e. The molecule has 112 valence electrons. The van der Waals surface area contributed by atoms with Crippen molar-refractivity contribution < 1.29 is 9.90 Å². The number of hydrogen-bond acceptors (Lipinski definition) is 3. The zero-order chi connectivity index (χ0) is 15.8. The highest BCUT2D eigenvalue weighted by Crippen LogP contribution is 2.33. The van der Waals surface area contributed by atoms with Crippen molar-refractivity contribution in [1.29, 1.82) is 0 Å². The van der Waals surface area contributed by atoms with Crippen molar-refractivity contribution in [1.82, 2.24) is 9.78 Å². The Kier molecular flexibility index (Phi) is 4.14. The average molecular weight is 304 g/mol. The number of carbonyl (C=O) groups is 1. The number of aryl methyl sites for hydroxylation is 2. The second-order valence-corrected chi connectivity index (χ2v) is 7.13. The van der Waals surface area contributed by atoms with Crippen molar-refractivity contribution in [3.05, 3.63) is 41.1 Å². The van der Waals surface area contributed by atoms with Crippen molar-refractivity contribution in [2.24, 2.45) is 7.05 Å². The Balaban J connectivity index is 2.33. The van der Waals surface area contributed by atoms with E-state index < -0.39 is 5.97 Å². The molecule has 1 heterocycles. The van der Waals surface area contributed by atoms with Crippen LogP contribution in [0.4, 0.5) is 0 Å². The first-order chi connectivity index (χ1) is 9.70. The van der Waals surface area contributed by atoms with Crippen molar-refractivity contribution >= 4 is 17.7 Å². The van der Waals surface area contributed by atoms with E-state index in [-0.39, 0.29) is 11.0 Å². The first kappa shape index (κ1) is 15.6. The fourth-order valence-corrected chi connectivity index (χ4v) is 3.14. The predicted octanol–water partition coefficient (Wildman–Crippen LogP) is 3.88. The van der Waals surface area contributed by atoms with Gasteiger partial charge in [0.1, 0.15) is 10.6 Å². The average Bonchev–Trinajstić information content (AvgIpc) is 2.63. The molecule has 21 heavy (non-hydrogen) atoms. The monoisotopic (exact) mass is 304 g/mol. The lowest BCUT2D eigenvalue weighted by Gasteiger charge is -2.19. The van der Waals surface area contributed by atoms with Gasteiger partial charge >= 0.3 is 5.97 Å². The van der Waals surface area contributed by atoms with Gasteiger partial charge in [-0.2, -0.15) is 5.10 Å². The van der Waals surface area contributed by atoms with Crippen LogP contribution in [0.15, 0.2) is 34.2 Å². The van der Waals surface area contributed by atoms with Gasteiger partial charge in [0.2, 0.25) is 0 Å². The van der Waals surface area contributed by atoms with Crippen LogP contribution in [0, 0.1) is 6.92 Å². The van der Waals surface area contributed by atoms with Gasteiger partial charge in [0, 0.05) is 11.9 Å². The molecule has 0 aliphatic carbocycles. The van der Waals surface area contributed by atoms with Gasteiger partial charge in [0.25, 0.3) is 0 Å². The van der Waals surface area contributed by atoms with Crippen molar-refractivity contribution in [2.45, 2.75) is 43.0 Å². The van der Waals surface area contributed by atoms with E-state index in [0.29, 0.717) is 10.7 Å². The number of benzene rings is 1. The first-order valence-electron chi connectivity index (χ1n) is 6.75. The molecule has 1 aromatic heterocycles. The Morgan fingerprint density at radius 1 is 1.24 bits per heavy atom. The highest BCUT2D eigenvalue weighted by molar-refractivity contribution is 7.99. The SMILES string of the molecule is Cc1nn(C)c(Sc2ccc(C(C)(C)C)cc2)c1C(=O)O. The summed E-state index contributed by atoms with van der Waals surface area (Å²) in [6.07, 6.45) is 0. The van der Waals surface area contributed by atoms with Gasteiger partial charge in [-0.15, -0.1) is 0 Å². The zero-order valence-corrected chi connectivity index (χ0v) is 13.8. The summed E-state index contributed by atoms with van der Waals surface area (Å²) < 4.78 is 1.63. The molecule has 0 aliphatic rings. The molecule has 4 nitrogen and oxygen atoms in total. The van der Waals surface area contributed by atoms with Crippen LogP contribution in [0.3, 0.4) is 0 Å².